The molecular formula is C18H23FN2. The maximum Gasteiger partial charge on any atom is 0.130 e. The van der Waals surface area contributed by atoms with Crippen LogP contribution < -0.4 is 10.2 Å². The standard InChI is InChI=1S/C18H23FN2/c1-13-8-5-6-9-15(13)12-21(4)17-11-7-10-16(19)18(17)14(2)20-3/h5-11,14,20H,12H2,1-4H3. The van der Waals surface area contributed by atoms with Crippen molar-refractivity contribution in [2.24, 2.45) is 0 Å². The highest BCUT2D eigenvalue weighted by molar-refractivity contribution is 5.55. The number of hydrogen-bond donors (Lipinski definition) is 1. The Morgan fingerprint density at radius 3 is 2.52 bits per heavy atom. The predicted octanol–water partition coefficient (Wildman–Crippen LogP) is 4.05. The average molecular weight is 286 g/mol. The Bertz CT molecular complexity index is 610. The summed E-state index contributed by atoms with van der Waals surface area (Å²) in [5, 5.41) is 3.13. The van der Waals surface area contributed by atoms with Crippen LogP contribution in [0.3, 0.4) is 0 Å². The van der Waals surface area contributed by atoms with Crippen LogP contribution in [0.2, 0.25) is 0 Å². The smallest absolute Gasteiger partial charge is 0.130 e. The van der Waals surface area contributed by atoms with Gasteiger partial charge < -0.3 is 10.2 Å². The van der Waals surface area contributed by atoms with E-state index in [0.29, 0.717) is 0 Å². The molecule has 1 N–H and O–H groups in total. The lowest BCUT2D eigenvalue weighted by Gasteiger charge is -2.26. The lowest BCUT2D eigenvalue weighted by molar-refractivity contribution is 0.560. The number of aryl methyl sites for hydroxylation is 1. The molecule has 0 saturated heterocycles. The first-order valence-corrected chi connectivity index (χ1v) is 7.26. The number of hydrogen-bond acceptors (Lipinski definition) is 2. The fourth-order valence-corrected chi connectivity index (χ4v) is 2.56. The second-order valence-corrected chi connectivity index (χ2v) is 5.47. The molecule has 0 aliphatic heterocycles. The van der Waals surface area contributed by atoms with E-state index in [1.807, 2.05) is 39.2 Å². The van der Waals surface area contributed by atoms with E-state index < -0.39 is 0 Å². The maximum atomic E-state index is 14.2. The highest BCUT2D eigenvalue weighted by atomic mass is 19.1. The van der Waals surface area contributed by atoms with Crippen LogP contribution in [0, 0.1) is 12.7 Å². The number of anilines is 1. The molecule has 3 heteroatoms. The lowest BCUT2D eigenvalue weighted by Crippen LogP contribution is -2.23. The van der Waals surface area contributed by atoms with Crippen LogP contribution in [0.5, 0.6) is 0 Å². The van der Waals surface area contributed by atoms with Gasteiger partial charge in [-0.05, 0) is 44.2 Å². The highest BCUT2D eigenvalue weighted by Crippen LogP contribution is 2.29. The molecule has 1 unspecified atom stereocenters. The first-order chi connectivity index (χ1) is 10.0. The lowest BCUT2D eigenvalue weighted by atomic mass is 10.0. The molecule has 0 spiro atoms. The van der Waals surface area contributed by atoms with Crippen LogP contribution in [0.4, 0.5) is 10.1 Å². The van der Waals surface area contributed by atoms with Gasteiger partial charge in [0.15, 0.2) is 0 Å². The molecule has 2 aromatic carbocycles. The molecule has 0 bridgehead atoms. The van der Waals surface area contributed by atoms with Gasteiger partial charge in [0.25, 0.3) is 0 Å². The summed E-state index contributed by atoms with van der Waals surface area (Å²) in [4.78, 5) is 2.11. The number of nitrogens with one attached hydrogen (secondary N) is 1. The van der Waals surface area contributed by atoms with Gasteiger partial charge in [0.1, 0.15) is 5.82 Å². The van der Waals surface area contributed by atoms with E-state index in [-0.39, 0.29) is 11.9 Å². The Morgan fingerprint density at radius 1 is 1.14 bits per heavy atom. The molecule has 0 aromatic heterocycles. The summed E-state index contributed by atoms with van der Waals surface area (Å²) >= 11 is 0. The molecule has 0 radical (unpaired) electrons. The normalized spacial score (nSPS) is 12.2. The van der Waals surface area contributed by atoms with Crippen molar-refractivity contribution >= 4 is 5.69 Å². The zero-order valence-electron chi connectivity index (χ0n) is 13.2. The molecule has 0 aliphatic rings. The Kier molecular flexibility index (Phi) is 4.97. The molecule has 2 nitrogen and oxygen atoms in total. The van der Waals surface area contributed by atoms with E-state index in [1.54, 1.807) is 6.07 Å². The molecule has 0 amide bonds. The van der Waals surface area contributed by atoms with Crippen molar-refractivity contribution in [3.8, 4) is 0 Å². The molecule has 1 atom stereocenters. The minimum atomic E-state index is -0.161. The molecule has 2 rings (SSSR count). The van der Waals surface area contributed by atoms with Crippen LogP contribution in [-0.4, -0.2) is 14.1 Å². The van der Waals surface area contributed by atoms with Gasteiger partial charge >= 0.3 is 0 Å². The molecule has 0 aliphatic carbocycles. The zero-order valence-corrected chi connectivity index (χ0v) is 13.2. The third kappa shape index (κ3) is 3.42. The summed E-state index contributed by atoms with van der Waals surface area (Å²) < 4.78 is 14.2. The number of rotatable bonds is 5. The van der Waals surface area contributed by atoms with Gasteiger partial charge in [-0.1, -0.05) is 30.3 Å². The van der Waals surface area contributed by atoms with E-state index in [9.17, 15) is 4.39 Å². The number of nitrogens with zero attached hydrogens (tertiary/aromatic N) is 1. The second kappa shape index (κ2) is 6.72. The summed E-state index contributed by atoms with van der Waals surface area (Å²) in [7, 11) is 3.86. The molecule has 21 heavy (non-hydrogen) atoms. The fraction of sp³-hybridized carbons (Fsp3) is 0.333. The van der Waals surface area contributed by atoms with Gasteiger partial charge in [-0.25, -0.2) is 4.39 Å². The van der Waals surface area contributed by atoms with Crippen molar-refractivity contribution in [3.05, 3.63) is 65.0 Å². The van der Waals surface area contributed by atoms with E-state index >= 15 is 0 Å². The minimum absolute atomic E-state index is 0.0273. The van der Waals surface area contributed by atoms with Gasteiger partial charge in [0.2, 0.25) is 0 Å². The summed E-state index contributed by atoms with van der Waals surface area (Å²) in [5.41, 5.74) is 4.16. The third-order valence-electron chi connectivity index (χ3n) is 3.98. The Balaban J connectivity index is 2.33. The molecule has 112 valence electrons. The number of benzene rings is 2. The predicted molar refractivity (Wildman–Crippen MR) is 87.2 cm³/mol. The van der Waals surface area contributed by atoms with Crippen molar-refractivity contribution in [3.63, 3.8) is 0 Å². The van der Waals surface area contributed by atoms with Crippen LogP contribution in [0.1, 0.15) is 29.7 Å². The topological polar surface area (TPSA) is 15.3 Å². The largest absolute Gasteiger partial charge is 0.370 e. The van der Waals surface area contributed by atoms with Gasteiger partial charge in [-0.15, -0.1) is 0 Å². The third-order valence-corrected chi connectivity index (χ3v) is 3.98. The van der Waals surface area contributed by atoms with Crippen LogP contribution in [-0.2, 0) is 6.54 Å². The highest BCUT2D eigenvalue weighted by Gasteiger charge is 2.17. The van der Waals surface area contributed by atoms with Gasteiger partial charge in [-0.3, -0.25) is 0 Å². The second-order valence-electron chi connectivity index (χ2n) is 5.47. The SMILES string of the molecule is CNC(C)c1c(F)cccc1N(C)Cc1ccccc1C. The van der Waals surface area contributed by atoms with Gasteiger partial charge in [-0.2, -0.15) is 0 Å². The minimum Gasteiger partial charge on any atom is -0.370 e. The van der Waals surface area contributed by atoms with E-state index in [4.69, 9.17) is 0 Å². The molecule has 2 aromatic rings. The van der Waals surface area contributed by atoms with E-state index in [2.05, 4.69) is 29.3 Å². The van der Waals surface area contributed by atoms with Crippen molar-refractivity contribution in [2.45, 2.75) is 26.4 Å². The van der Waals surface area contributed by atoms with Crippen molar-refractivity contribution < 1.29 is 4.39 Å². The average Bonchev–Trinajstić information content (AvgIpc) is 2.48. The maximum absolute atomic E-state index is 14.2. The van der Waals surface area contributed by atoms with Crippen LogP contribution in [0.25, 0.3) is 0 Å². The van der Waals surface area contributed by atoms with Crippen molar-refractivity contribution in [2.75, 3.05) is 19.0 Å². The Labute approximate surface area is 126 Å². The summed E-state index contributed by atoms with van der Waals surface area (Å²) in [6, 6.07) is 13.5. The molecule has 0 heterocycles. The van der Waals surface area contributed by atoms with Crippen LogP contribution in [0.15, 0.2) is 42.5 Å². The van der Waals surface area contributed by atoms with Crippen LogP contribution >= 0.6 is 0 Å². The Hall–Kier alpha value is -1.87. The summed E-state index contributed by atoms with van der Waals surface area (Å²) in [6.45, 7) is 4.84. The first kappa shape index (κ1) is 15.5. The molecular weight excluding hydrogens is 263 g/mol. The van der Waals surface area contributed by atoms with E-state index in [1.165, 1.54) is 17.2 Å². The van der Waals surface area contributed by atoms with Gasteiger partial charge in [0, 0.05) is 30.9 Å². The Morgan fingerprint density at radius 2 is 1.86 bits per heavy atom. The zero-order chi connectivity index (χ0) is 15.4. The molecule has 0 saturated carbocycles. The van der Waals surface area contributed by atoms with Crippen molar-refractivity contribution in [1.82, 2.24) is 5.32 Å². The quantitative estimate of drug-likeness (QED) is 0.892. The molecule has 0 fully saturated rings. The summed E-state index contributed by atoms with van der Waals surface area (Å²) in [5.74, 6) is -0.161. The van der Waals surface area contributed by atoms with E-state index in [0.717, 1.165) is 17.8 Å². The monoisotopic (exact) mass is 286 g/mol. The van der Waals surface area contributed by atoms with Gasteiger partial charge in [0.05, 0.1) is 0 Å². The van der Waals surface area contributed by atoms with Crippen molar-refractivity contribution in [1.29, 1.82) is 0 Å². The fourth-order valence-electron chi connectivity index (χ4n) is 2.56. The number of halogens is 1. The summed E-state index contributed by atoms with van der Waals surface area (Å²) in [6.07, 6.45) is 0. The first-order valence-electron chi connectivity index (χ1n) is 7.26.